The molecule has 0 aromatic carbocycles. The first kappa shape index (κ1) is 21.1. The number of carbonyl (C=O) groups excluding carboxylic acids is 2. The number of amides is 2. The minimum Gasteiger partial charge on any atom is -0.335 e. The molecule has 1 aliphatic carbocycles. The second-order valence-electron chi connectivity index (χ2n) is 9.23. The van der Waals surface area contributed by atoms with Gasteiger partial charge in [-0.15, -0.1) is 11.3 Å². The van der Waals surface area contributed by atoms with Gasteiger partial charge in [-0.25, -0.2) is 4.98 Å². The molecule has 0 radical (unpaired) electrons. The number of nitrogens with zero attached hydrogens (tertiary/aromatic N) is 2. The molecule has 3 aliphatic rings. The van der Waals surface area contributed by atoms with Crippen molar-refractivity contribution >= 4 is 35.0 Å². The third kappa shape index (κ3) is 4.42. The zero-order valence-electron chi connectivity index (χ0n) is 18.3. The lowest BCUT2D eigenvalue weighted by Gasteiger charge is -2.39. The van der Waals surface area contributed by atoms with E-state index >= 15 is 0 Å². The van der Waals surface area contributed by atoms with Crippen molar-refractivity contribution in [3.63, 3.8) is 0 Å². The highest BCUT2D eigenvalue weighted by atomic mass is 32.1. The van der Waals surface area contributed by atoms with Crippen LogP contribution in [0.15, 0.2) is 47.5 Å². The van der Waals surface area contributed by atoms with Gasteiger partial charge in [0.05, 0.1) is 5.41 Å². The molecule has 2 amide bonds. The van der Waals surface area contributed by atoms with E-state index in [1.165, 1.54) is 16.9 Å². The minimum atomic E-state index is -0.272. The molecular formula is C26H29N3O2S. The lowest BCUT2D eigenvalue weighted by Crippen LogP contribution is -2.43. The largest absolute Gasteiger partial charge is 0.335 e. The van der Waals surface area contributed by atoms with Crippen LogP contribution in [0.4, 0.5) is 5.82 Å². The summed E-state index contributed by atoms with van der Waals surface area (Å²) < 4.78 is 0. The van der Waals surface area contributed by atoms with Crippen molar-refractivity contribution in [2.45, 2.75) is 51.4 Å². The number of fused-ring (bicyclic) bond motifs is 1. The summed E-state index contributed by atoms with van der Waals surface area (Å²) in [6.45, 7) is 1.43. The van der Waals surface area contributed by atoms with Gasteiger partial charge in [-0.3, -0.25) is 9.59 Å². The van der Waals surface area contributed by atoms with Gasteiger partial charge in [-0.2, -0.15) is 0 Å². The van der Waals surface area contributed by atoms with Crippen molar-refractivity contribution < 1.29 is 9.59 Å². The average molecular weight is 448 g/mol. The number of nitrogens with one attached hydrogen (secondary N) is 1. The van der Waals surface area contributed by atoms with Gasteiger partial charge in [0.15, 0.2) is 0 Å². The van der Waals surface area contributed by atoms with Crippen LogP contribution in [0.2, 0.25) is 0 Å². The summed E-state index contributed by atoms with van der Waals surface area (Å²) in [6.07, 6.45) is 15.5. The molecule has 0 unspecified atom stereocenters. The fourth-order valence-corrected chi connectivity index (χ4v) is 5.92. The van der Waals surface area contributed by atoms with Crippen LogP contribution in [-0.4, -0.2) is 34.8 Å². The summed E-state index contributed by atoms with van der Waals surface area (Å²) in [6, 6.07) is 6.33. The number of aromatic nitrogens is 1. The van der Waals surface area contributed by atoms with Crippen LogP contribution >= 0.6 is 11.3 Å². The molecule has 1 fully saturated rings. The van der Waals surface area contributed by atoms with Gasteiger partial charge >= 0.3 is 0 Å². The molecule has 0 saturated heterocycles. The van der Waals surface area contributed by atoms with E-state index in [2.05, 4.69) is 40.0 Å². The topological polar surface area (TPSA) is 62.3 Å². The Hall–Kier alpha value is -2.73. The summed E-state index contributed by atoms with van der Waals surface area (Å²) in [5, 5.41) is 5.14. The third-order valence-corrected chi connectivity index (χ3v) is 7.93. The lowest BCUT2D eigenvalue weighted by atomic mass is 9.68. The van der Waals surface area contributed by atoms with Crippen LogP contribution in [0, 0.1) is 5.41 Å². The smallest absolute Gasteiger partial charge is 0.246 e. The molecule has 1 N–H and O–H groups in total. The standard InChI is InChI=1S/C26H29N3O2S/c30-23(29-12-8-19(9-13-29)16-22-5-4-14-32-22)7-6-20-15-21-17-26(10-2-1-3-11-26)25(31)28-24(21)27-18-20/h4-8,14-15,18H,1-3,9-13,16-17H2,(H,27,28,31). The predicted molar refractivity (Wildman–Crippen MR) is 128 cm³/mol. The molecule has 0 bridgehead atoms. The maximum Gasteiger partial charge on any atom is 0.246 e. The minimum absolute atomic E-state index is 0.0335. The molecule has 32 heavy (non-hydrogen) atoms. The molecule has 1 spiro atoms. The summed E-state index contributed by atoms with van der Waals surface area (Å²) in [4.78, 5) is 33.1. The number of carbonyl (C=O) groups is 2. The van der Waals surface area contributed by atoms with Crippen LogP contribution in [-0.2, 0) is 22.4 Å². The Labute approximate surface area is 193 Å². The quantitative estimate of drug-likeness (QED) is 0.530. The number of thiophene rings is 1. The number of hydrogen-bond donors (Lipinski definition) is 1. The maximum absolute atomic E-state index is 12.7. The molecular weight excluding hydrogens is 418 g/mol. The van der Waals surface area contributed by atoms with Gasteiger partial charge in [-0.05, 0) is 60.4 Å². The number of hydrogen-bond acceptors (Lipinski definition) is 4. The van der Waals surface area contributed by atoms with E-state index < -0.39 is 0 Å². The van der Waals surface area contributed by atoms with Gasteiger partial charge < -0.3 is 10.2 Å². The van der Waals surface area contributed by atoms with Crippen molar-refractivity contribution in [2.75, 3.05) is 18.4 Å². The number of rotatable bonds is 4. The molecule has 2 aromatic rings. The molecule has 2 aliphatic heterocycles. The fourth-order valence-electron chi connectivity index (χ4n) is 5.17. The first-order valence-corrected chi connectivity index (χ1v) is 12.5. The Morgan fingerprint density at radius 1 is 1.28 bits per heavy atom. The summed E-state index contributed by atoms with van der Waals surface area (Å²) in [5.41, 5.74) is 3.13. The van der Waals surface area contributed by atoms with Crippen LogP contribution < -0.4 is 5.32 Å². The first-order chi connectivity index (χ1) is 15.6. The second kappa shape index (κ2) is 9.02. The Balaban J connectivity index is 1.23. The zero-order valence-corrected chi connectivity index (χ0v) is 19.1. The molecule has 166 valence electrons. The van der Waals surface area contributed by atoms with Crippen molar-refractivity contribution in [1.82, 2.24) is 9.88 Å². The molecule has 4 heterocycles. The Kier molecular flexibility index (Phi) is 5.96. The highest BCUT2D eigenvalue weighted by Crippen LogP contribution is 2.44. The number of anilines is 1. The highest BCUT2D eigenvalue weighted by molar-refractivity contribution is 7.09. The van der Waals surface area contributed by atoms with Gasteiger partial charge in [-0.1, -0.05) is 37.0 Å². The van der Waals surface area contributed by atoms with E-state index in [-0.39, 0.29) is 17.2 Å². The van der Waals surface area contributed by atoms with Crippen LogP contribution in [0.5, 0.6) is 0 Å². The SMILES string of the molecule is O=C(C=Cc1cnc2c(c1)CC1(CCCCC1)C(=O)N2)N1CC=C(Cc2cccs2)CC1. The van der Waals surface area contributed by atoms with Crippen LogP contribution in [0.1, 0.15) is 54.5 Å². The van der Waals surface area contributed by atoms with Gasteiger partial charge in [0.2, 0.25) is 11.8 Å². The molecule has 0 atom stereocenters. The number of pyridine rings is 1. The van der Waals surface area contributed by atoms with Crippen molar-refractivity contribution in [2.24, 2.45) is 5.41 Å². The van der Waals surface area contributed by atoms with E-state index in [4.69, 9.17) is 0 Å². The van der Waals surface area contributed by atoms with E-state index in [1.54, 1.807) is 23.6 Å². The average Bonchev–Trinajstić information content (AvgIpc) is 3.32. The Morgan fingerprint density at radius 2 is 2.16 bits per heavy atom. The van der Waals surface area contributed by atoms with E-state index in [0.717, 1.165) is 62.6 Å². The normalized spacial score (nSPS) is 20.2. The van der Waals surface area contributed by atoms with Gasteiger partial charge in [0.25, 0.3) is 0 Å². The molecule has 2 aromatic heterocycles. The fraction of sp³-hybridized carbons (Fsp3) is 0.423. The van der Waals surface area contributed by atoms with Crippen molar-refractivity contribution in [1.29, 1.82) is 0 Å². The van der Waals surface area contributed by atoms with E-state index in [9.17, 15) is 9.59 Å². The van der Waals surface area contributed by atoms with E-state index in [0.29, 0.717) is 12.4 Å². The summed E-state index contributed by atoms with van der Waals surface area (Å²) in [7, 11) is 0. The van der Waals surface area contributed by atoms with Crippen LogP contribution in [0.25, 0.3) is 6.08 Å². The maximum atomic E-state index is 12.7. The van der Waals surface area contributed by atoms with E-state index in [1.807, 2.05) is 11.0 Å². The predicted octanol–water partition coefficient (Wildman–Crippen LogP) is 5.00. The van der Waals surface area contributed by atoms with Crippen LogP contribution in [0.3, 0.4) is 0 Å². The molecule has 1 saturated carbocycles. The Bertz CT molecular complexity index is 1060. The summed E-state index contributed by atoms with van der Waals surface area (Å²) >= 11 is 1.78. The Morgan fingerprint density at radius 3 is 2.91 bits per heavy atom. The highest BCUT2D eigenvalue weighted by Gasteiger charge is 2.43. The van der Waals surface area contributed by atoms with Gasteiger partial charge in [0.1, 0.15) is 5.82 Å². The molecule has 5 rings (SSSR count). The second-order valence-corrected chi connectivity index (χ2v) is 10.3. The summed E-state index contributed by atoms with van der Waals surface area (Å²) in [5.74, 6) is 0.840. The van der Waals surface area contributed by atoms with Crippen molar-refractivity contribution in [3.05, 3.63) is 63.5 Å². The van der Waals surface area contributed by atoms with Gasteiger partial charge in [0, 0.05) is 36.7 Å². The zero-order chi connectivity index (χ0) is 22.0. The van der Waals surface area contributed by atoms with Crippen molar-refractivity contribution in [3.8, 4) is 0 Å². The molecule has 6 heteroatoms. The monoisotopic (exact) mass is 447 g/mol. The lowest BCUT2D eigenvalue weighted by molar-refractivity contribution is -0.128. The molecule has 5 nitrogen and oxygen atoms in total. The first-order valence-electron chi connectivity index (χ1n) is 11.6. The third-order valence-electron chi connectivity index (χ3n) is 7.06.